The topological polar surface area (TPSA) is 86.8 Å². The van der Waals surface area contributed by atoms with E-state index in [4.69, 9.17) is 23.2 Å². The lowest BCUT2D eigenvalue weighted by Gasteiger charge is -2.34. The van der Waals surface area contributed by atoms with Crippen LogP contribution in [-0.2, 0) is 32.6 Å². The Morgan fingerprint density at radius 1 is 0.867 bits per heavy atom. The van der Waals surface area contributed by atoms with Crippen LogP contribution in [0.15, 0.2) is 112 Å². The van der Waals surface area contributed by atoms with E-state index in [1.165, 1.54) is 35.2 Å². The van der Waals surface area contributed by atoms with Crippen LogP contribution in [0.1, 0.15) is 31.4 Å². The van der Waals surface area contributed by atoms with Gasteiger partial charge in [-0.2, -0.15) is 0 Å². The van der Waals surface area contributed by atoms with Crippen LogP contribution in [-0.4, -0.2) is 43.8 Å². The van der Waals surface area contributed by atoms with Gasteiger partial charge in [0.25, 0.3) is 10.0 Å². The standard InChI is InChI=1S/C34H34BrCl2N3O4S/c1-3-24(2)38-34(42)32(20-25-10-6-4-7-11-25)39(22-26-14-16-27(35)17-15-26)33(41)23-40(31-19-18-28(36)21-30(31)37)45(43,44)29-12-8-5-9-13-29/h4-19,21,24,32H,3,20,22-23H2,1-2H3,(H,38,42)/t24-,32-/m1/s1. The largest absolute Gasteiger partial charge is 0.352 e. The molecule has 0 radical (unpaired) electrons. The number of sulfonamides is 1. The fraction of sp³-hybridized carbons (Fsp3) is 0.235. The van der Waals surface area contributed by atoms with Crippen LogP contribution in [0, 0.1) is 0 Å². The second-order valence-electron chi connectivity index (χ2n) is 10.6. The van der Waals surface area contributed by atoms with Crippen molar-refractivity contribution >= 4 is 66.7 Å². The summed E-state index contributed by atoms with van der Waals surface area (Å²) in [6.07, 6.45) is 0.918. The predicted molar refractivity (Wildman–Crippen MR) is 184 cm³/mol. The van der Waals surface area contributed by atoms with Gasteiger partial charge in [-0.3, -0.25) is 13.9 Å². The van der Waals surface area contributed by atoms with Crippen molar-refractivity contribution < 1.29 is 18.0 Å². The molecule has 45 heavy (non-hydrogen) atoms. The van der Waals surface area contributed by atoms with Gasteiger partial charge in [0.15, 0.2) is 0 Å². The third-order valence-corrected chi connectivity index (χ3v) is 10.2. The smallest absolute Gasteiger partial charge is 0.264 e. The van der Waals surface area contributed by atoms with E-state index in [-0.39, 0.29) is 40.5 Å². The zero-order valence-electron chi connectivity index (χ0n) is 24.9. The molecule has 0 heterocycles. The lowest BCUT2D eigenvalue weighted by molar-refractivity contribution is -0.140. The minimum atomic E-state index is -4.27. The first-order chi connectivity index (χ1) is 21.5. The third-order valence-electron chi connectivity index (χ3n) is 7.33. The molecular weight excluding hydrogens is 697 g/mol. The van der Waals surface area contributed by atoms with Gasteiger partial charge in [-0.15, -0.1) is 0 Å². The van der Waals surface area contributed by atoms with Gasteiger partial charge >= 0.3 is 0 Å². The summed E-state index contributed by atoms with van der Waals surface area (Å²) in [5.41, 5.74) is 1.71. The number of benzene rings is 4. The molecule has 0 aliphatic rings. The molecule has 11 heteroatoms. The summed E-state index contributed by atoms with van der Waals surface area (Å²) >= 11 is 16.1. The lowest BCUT2D eigenvalue weighted by atomic mass is 10.0. The van der Waals surface area contributed by atoms with Crippen LogP contribution in [0.5, 0.6) is 0 Å². The molecule has 0 saturated heterocycles. The lowest BCUT2D eigenvalue weighted by Crippen LogP contribution is -2.54. The van der Waals surface area contributed by atoms with Crippen molar-refractivity contribution in [3.63, 3.8) is 0 Å². The van der Waals surface area contributed by atoms with Gasteiger partial charge in [0.2, 0.25) is 11.8 Å². The van der Waals surface area contributed by atoms with Gasteiger partial charge in [-0.05, 0) is 66.9 Å². The van der Waals surface area contributed by atoms with Gasteiger partial charge in [-0.1, -0.05) is 107 Å². The zero-order valence-corrected chi connectivity index (χ0v) is 28.8. The Morgan fingerprint density at radius 2 is 1.49 bits per heavy atom. The van der Waals surface area contributed by atoms with Crippen LogP contribution in [0.4, 0.5) is 5.69 Å². The van der Waals surface area contributed by atoms with E-state index in [0.717, 1.165) is 19.9 Å². The Balaban J connectivity index is 1.82. The molecule has 7 nitrogen and oxygen atoms in total. The zero-order chi connectivity index (χ0) is 32.6. The Morgan fingerprint density at radius 3 is 2.09 bits per heavy atom. The van der Waals surface area contributed by atoms with E-state index >= 15 is 0 Å². The molecule has 0 spiro atoms. The number of carbonyl (C=O) groups is 2. The Kier molecular flexibility index (Phi) is 12.1. The van der Waals surface area contributed by atoms with Crippen molar-refractivity contribution in [2.24, 2.45) is 0 Å². The average Bonchev–Trinajstić information content (AvgIpc) is 3.03. The molecule has 1 N–H and O–H groups in total. The number of nitrogens with zero attached hydrogens (tertiary/aromatic N) is 2. The number of hydrogen-bond acceptors (Lipinski definition) is 4. The monoisotopic (exact) mass is 729 g/mol. The normalized spacial score (nSPS) is 12.6. The maximum atomic E-state index is 14.5. The highest BCUT2D eigenvalue weighted by Gasteiger charge is 2.35. The number of hydrogen-bond donors (Lipinski definition) is 1. The maximum Gasteiger partial charge on any atom is 0.264 e. The van der Waals surface area contributed by atoms with Crippen molar-refractivity contribution in [2.45, 2.75) is 50.2 Å². The molecule has 4 aromatic carbocycles. The molecule has 0 aliphatic heterocycles. The van der Waals surface area contributed by atoms with Crippen molar-refractivity contribution in [2.75, 3.05) is 10.8 Å². The highest BCUT2D eigenvalue weighted by atomic mass is 79.9. The Labute approximate surface area is 283 Å². The fourth-order valence-electron chi connectivity index (χ4n) is 4.70. The van der Waals surface area contributed by atoms with Crippen LogP contribution < -0.4 is 9.62 Å². The van der Waals surface area contributed by atoms with Gasteiger partial charge < -0.3 is 10.2 Å². The maximum absolute atomic E-state index is 14.5. The molecule has 0 saturated carbocycles. The molecule has 0 aromatic heterocycles. The summed E-state index contributed by atoms with van der Waals surface area (Å²) < 4.78 is 30.0. The molecule has 0 aliphatic carbocycles. The van der Waals surface area contributed by atoms with Crippen LogP contribution in [0.2, 0.25) is 10.0 Å². The first-order valence-electron chi connectivity index (χ1n) is 14.4. The van der Waals surface area contributed by atoms with Gasteiger partial charge in [0.05, 0.1) is 15.6 Å². The summed E-state index contributed by atoms with van der Waals surface area (Å²) in [7, 11) is -4.27. The molecular formula is C34H34BrCl2N3O4S. The number of carbonyl (C=O) groups excluding carboxylic acids is 2. The first-order valence-corrected chi connectivity index (χ1v) is 17.4. The van der Waals surface area contributed by atoms with E-state index in [9.17, 15) is 18.0 Å². The van der Waals surface area contributed by atoms with Gasteiger partial charge in [0, 0.05) is 28.5 Å². The molecule has 2 atom stereocenters. The minimum Gasteiger partial charge on any atom is -0.352 e. The van der Waals surface area contributed by atoms with E-state index in [1.54, 1.807) is 18.2 Å². The quantitative estimate of drug-likeness (QED) is 0.154. The molecule has 4 rings (SSSR count). The highest BCUT2D eigenvalue weighted by Crippen LogP contribution is 2.33. The molecule has 0 bridgehead atoms. The van der Waals surface area contributed by atoms with E-state index in [2.05, 4.69) is 21.2 Å². The Bertz CT molecular complexity index is 1710. The van der Waals surface area contributed by atoms with Gasteiger partial charge in [0.1, 0.15) is 12.6 Å². The summed E-state index contributed by atoms with van der Waals surface area (Å²) in [6.45, 7) is 3.31. The second-order valence-corrected chi connectivity index (χ2v) is 14.2. The molecule has 4 aromatic rings. The molecule has 0 unspecified atom stereocenters. The summed E-state index contributed by atoms with van der Waals surface area (Å²) in [5.74, 6) is -0.913. The summed E-state index contributed by atoms with van der Waals surface area (Å²) in [6, 6.07) is 28.0. The second kappa shape index (κ2) is 15.8. The molecule has 236 valence electrons. The van der Waals surface area contributed by atoms with Crippen LogP contribution in [0.3, 0.4) is 0 Å². The number of rotatable bonds is 13. The first kappa shape index (κ1) is 34.5. The van der Waals surface area contributed by atoms with Crippen molar-refractivity contribution in [1.29, 1.82) is 0 Å². The van der Waals surface area contributed by atoms with Crippen LogP contribution in [0.25, 0.3) is 0 Å². The number of nitrogens with one attached hydrogen (secondary N) is 1. The summed E-state index contributed by atoms with van der Waals surface area (Å²) in [5, 5.41) is 3.40. The number of anilines is 1. The SMILES string of the molecule is CC[C@@H](C)NC(=O)[C@@H](Cc1ccccc1)N(Cc1ccc(Br)cc1)C(=O)CN(c1ccc(Cl)cc1Cl)S(=O)(=O)c1ccccc1. The highest BCUT2D eigenvalue weighted by molar-refractivity contribution is 9.10. The van der Waals surface area contributed by atoms with Crippen LogP contribution >= 0.6 is 39.1 Å². The van der Waals surface area contributed by atoms with Crippen molar-refractivity contribution in [3.05, 3.63) is 129 Å². The fourth-order valence-corrected chi connectivity index (χ4v) is 6.98. The third kappa shape index (κ3) is 9.10. The number of halogens is 3. The molecule has 0 fully saturated rings. The van der Waals surface area contributed by atoms with E-state index < -0.39 is 28.5 Å². The molecule has 2 amide bonds. The summed E-state index contributed by atoms with van der Waals surface area (Å²) in [4.78, 5) is 29.8. The Hall–Kier alpha value is -3.37. The minimum absolute atomic E-state index is 0.0152. The number of amides is 2. The average molecular weight is 732 g/mol. The van der Waals surface area contributed by atoms with Gasteiger partial charge in [-0.25, -0.2) is 8.42 Å². The van der Waals surface area contributed by atoms with E-state index in [0.29, 0.717) is 11.4 Å². The predicted octanol–water partition coefficient (Wildman–Crippen LogP) is 7.51. The van der Waals surface area contributed by atoms with Crippen molar-refractivity contribution in [3.8, 4) is 0 Å². The van der Waals surface area contributed by atoms with Crippen molar-refractivity contribution in [1.82, 2.24) is 10.2 Å². The van der Waals surface area contributed by atoms with E-state index in [1.807, 2.05) is 68.4 Å².